The molecule has 11 heteroatoms. The Labute approximate surface area is 153 Å². The zero-order valence-corrected chi connectivity index (χ0v) is 14.8. The van der Waals surface area contributed by atoms with Crippen LogP contribution in [0.25, 0.3) is 0 Å². The number of piperidine rings is 1. The number of halogens is 4. The second-order valence-corrected chi connectivity index (χ2v) is 6.63. The first-order valence-electron chi connectivity index (χ1n) is 8.11. The molecule has 3 rings (SSSR count). The normalized spacial score (nSPS) is 16.1. The summed E-state index contributed by atoms with van der Waals surface area (Å²) in [6.45, 7) is 1.92. The number of hydrogen-bond donors (Lipinski definition) is 2. The highest BCUT2D eigenvalue weighted by molar-refractivity contribution is 6.28. The topological polar surface area (TPSA) is 84.9 Å². The molecule has 2 aromatic rings. The lowest BCUT2D eigenvalue weighted by Gasteiger charge is -2.32. The Morgan fingerprint density at radius 2 is 2.00 bits per heavy atom. The van der Waals surface area contributed by atoms with E-state index in [1.807, 2.05) is 4.90 Å². The van der Waals surface area contributed by atoms with E-state index in [1.165, 1.54) is 10.8 Å². The van der Waals surface area contributed by atoms with Crippen LogP contribution in [-0.4, -0.2) is 39.2 Å². The van der Waals surface area contributed by atoms with Gasteiger partial charge in [-0.15, -0.1) is 0 Å². The highest BCUT2D eigenvalue weighted by atomic mass is 35.5. The molecular weight excluding hydrogens is 371 g/mol. The van der Waals surface area contributed by atoms with Crippen LogP contribution in [0.4, 0.5) is 30.6 Å². The fraction of sp³-hybridized carbons (Fsp3) is 0.533. The molecule has 1 aliphatic heterocycles. The first kappa shape index (κ1) is 18.6. The van der Waals surface area contributed by atoms with Gasteiger partial charge in [0.05, 0.1) is 11.9 Å². The molecule has 2 aromatic heterocycles. The van der Waals surface area contributed by atoms with Crippen molar-refractivity contribution in [2.75, 3.05) is 35.6 Å². The van der Waals surface area contributed by atoms with Crippen molar-refractivity contribution in [3.8, 4) is 0 Å². The standard InChI is InChI=1S/C15H19ClF3N7/c1-25-8-11(15(17,18)19)23-14(25)26-4-2-9(3-5-26)6-21-12-10(20)7-22-13(16)24-12/h7-9H,2-6,20H2,1H3,(H,21,22,24). The van der Waals surface area contributed by atoms with E-state index in [2.05, 4.69) is 20.3 Å². The van der Waals surface area contributed by atoms with Crippen LogP contribution in [0.2, 0.25) is 5.28 Å². The van der Waals surface area contributed by atoms with E-state index in [-0.39, 0.29) is 5.28 Å². The SMILES string of the molecule is Cn1cc(C(F)(F)F)nc1N1CCC(CNc2nc(Cl)ncc2N)CC1. The Morgan fingerprint density at radius 1 is 1.31 bits per heavy atom. The molecule has 0 spiro atoms. The molecule has 26 heavy (non-hydrogen) atoms. The van der Waals surface area contributed by atoms with Crippen molar-refractivity contribution in [3.05, 3.63) is 23.4 Å². The quantitative estimate of drug-likeness (QED) is 0.782. The van der Waals surface area contributed by atoms with Gasteiger partial charge in [0.15, 0.2) is 11.5 Å². The van der Waals surface area contributed by atoms with Gasteiger partial charge in [0.25, 0.3) is 0 Å². The van der Waals surface area contributed by atoms with Crippen molar-refractivity contribution in [3.63, 3.8) is 0 Å². The molecule has 142 valence electrons. The number of nitrogens with zero attached hydrogens (tertiary/aromatic N) is 5. The molecule has 3 heterocycles. The van der Waals surface area contributed by atoms with Crippen LogP contribution in [0.5, 0.6) is 0 Å². The van der Waals surface area contributed by atoms with Crippen LogP contribution in [0, 0.1) is 5.92 Å². The summed E-state index contributed by atoms with van der Waals surface area (Å²) in [7, 11) is 1.58. The first-order valence-corrected chi connectivity index (χ1v) is 8.49. The number of hydrogen-bond acceptors (Lipinski definition) is 6. The number of rotatable bonds is 4. The lowest BCUT2D eigenvalue weighted by molar-refractivity contribution is -0.140. The summed E-state index contributed by atoms with van der Waals surface area (Å²) < 4.78 is 39.8. The first-order chi connectivity index (χ1) is 12.2. The van der Waals surface area contributed by atoms with E-state index in [0.717, 1.165) is 19.0 Å². The van der Waals surface area contributed by atoms with E-state index in [4.69, 9.17) is 17.3 Å². The molecule has 0 radical (unpaired) electrons. The van der Waals surface area contributed by atoms with Gasteiger partial charge < -0.3 is 20.5 Å². The van der Waals surface area contributed by atoms with E-state index < -0.39 is 11.9 Å². The van der Waals surface area contributed by atoms with Crippen molar-refractivity contribution in [2.24, 2.45) is 13.0 Å². The predicted molar refractivity (Wildman–Crippen MR) is 93.1 cm³/mol. The summed E-state index contributed by atoms with van der Waals surface area (Å²) in [5.74, 6) is 1.18. The number of aromatic nitrogens is 4. The molecule has 0 aliphatic carbocycles. The van der Waals surface area contributed by atoms with Gasteiger partial charge in [0, 0.05) is 32.9 Å². The Morgan fingerprint density at radius 3 is 2.62 bits per heavy atom. The van der Waals surface area contributed by atoms with Gasteiger partial charge in [-0.25, -0.2) is 9.97 Å². The number of nitrogens with one attached hydrogen (secondary N) is 1. The lowest BCUT2D eigenvalue weighted by atomic mass is 9.97. The summed E-state index contributed by atoms with van der Waals surface area (Å²) in [5, 5.41) is 3.28. The largest absolute Gasteiger partial charge is 0.434 e. The zero-order chi connectivity index (χ0) is 18.9. The molecule has 0 saturated carbocycles. The predicted octanol–water partition coefficient (Wildman–Crippen LogP) is 2.79. The van der Waals surface area contributed by atoms with Gasteiger partial charge in [-0.05, 0) is 30.4 Å². The van der Waals surface area contributed by atoms with E-state index >= 15 is 0 Å². The summed E-state index contributed by atoms with van der Waals surface area (Å²) in [4.78, 5) is 13.5. The van der Waals surface area contributed by atoms with Gasteiger partial charge >= 0.3 is 6.18 Å². The molecule has 0 aromatic carbocycles. The van der Waals surface area contributed by atoms with Gasteiger partial charge in [-0.2, -0.15) is 18.2 Å². The Kier molecular flexibility index (Phi) is 5.12. The smallest absolute Gasteiger partial charge is 0.394 e. The van der Waals surface area contributed by atoms with Gasteiger partial charge in [0.2, 0.25) is 11.2 Å². The van der Waals surface area contributed by atoms with Crippen molar-refractivity contribution in [1.29, 1.82) is 0 Å². The second-order valence-electron chi connectivity index (χ2n) is 6.29. The maximum absolute atomic E-state index is 12.8. The monoisotopic (exact) mass is 389 g/mol. The van der Waals surface area contributed by atoms with Crippen molar-refractivity contribution in [1.82, 2.24) is 19.5 Å². The number of nitrogen functional groups attached to an aromatic ring is 1. The molecule has 1 fully saturated rings. The van der Waals surface area contributed by atoms with Crippen LogP contribution in [0.3, 0.4) is 0 Å². The third kappa shape index (κ3) is 4.12. The van der Waals surface area contributed by atoms with Crippen LogP contribution in [0.1, 0.15) is 18.5 Å². The fourth-order valence-electron chi connectivity index (χ4n) is 2.98. The van der Waals surface area contributed by atoms with Crippen LogP contribution in [0.15, 0.2) is 12.4 Å². The highest BCUT2D eigenvalue weighted by Crippen LogP contribution is 2.31. The van der Waals surface area contributed by atoms with Crippen LogP contribution in [-0.2, 0) is 13.2 Å². The van der Waals surface area contributed by atoms with Crippen molar-refractivity contribution >= 4 is 29.1 Å². The third-order valence-electron chi connectivity index (χ3n) is 4.39. The minimum absolute atomic E-state index is 0.117. The summed E-state index contributed by atoms with van der Waals surface area (Å²) in [6, 6.07) is 0. The number of anilines is 3. The van der Waals surface area contributed by atoms with E-state index in [1.54, 1.807) is 7.05 Å². The van der Waals surface area contributed by atoms with Crippen molar-refractivity contribution in [2.45, 2.75) is 19.0 Å². The summed E-state index contributed by atoms with van der Waals surface area (Å²) in [5.41, 5.74) is 5.35. The fourth-order valence-corrected chi connectivity index (χ4v) is 3.11. The van der Waals surface area contributed by atoms with E-state index in [0.29, 0.717) is 43.0 Å². The number of aryl methyl sites for hydroxylation is 1. The minimum Gasteiger partial charge on any atom is -0.394 e. The minimum atomic E-state index is -4.43. The third-order valence-corrected chi connectivity index (χ3v) is 4.57. The maximum Gasteiger partial charge on any atom is 0.434 e. The molecule has 0 atom stereocenters. The van der Waals surface area contributed by atoms with Crippen molar-refractivity contribution < 1.29 is 13.2 Å². The van der Waals surface area contributed by atoms with Crippen LogP contribution < -0.4 is 16.0 Å². The Bertz CT molecular complexity index is 769. The molecule has 3 N–H and O–H groups in total. The number of nitrogens with two attached hydrogens (primary N) is 1. The highest BCUT2D eigenvalue weighted by Gasteiger charge is 2.35. The maximum atomic E-state index is 12.8. The van der Waals surface area contributed by atoms with Gasteiger partial charge in [-0.1, -0.05) is 0 Å². The Hall–Kier alpha value is -2.23. The number of alkyl halides is 3. The van der Waals surface area contributed by atoms with Gasteiger partial charge in [-0.3, -0.25) is 0 Å². The molecule has 0 amide bonds. The summed E-state index contributed by atoms with van der Waals surface area (Å²) >= 11 is 5.76. The molecule has 7 nitrogen and oxygen atoms in total. The average Bonchev–Trinajstić information content (AvgIpc) is 2.98. The van der Waals surface area contributed by atoms with Gasteiger partial charge in [0.1, 0.15) is 0 Å². The average molecular weight is 390 g/mol. The lowest BCUT2D eigenvalue weighted by Crippen LogP contribution is -2.37. The second kappa shape index (κ2) is 7.18. The Balaban J connectivity index is 1.56. The molecule has 0 bridgehead atoms. The molecular formula is C15H19ClF3N7. The van der Waals surface area contributed by atoms with Crippen LogP contribution >= 0.6 is 11.6 Å². The molecule has 1 saturated heterocycles. The molecule has 0 unspecified atom stereocenters. The molecule has 1 aliphatic rings. The zero-order valence-electron chi connectivity index (χ0n) is 14.1. The summed E-state index contributed by atoms with van der Waals surface area (Å²) in [6.07, 6.45) is -0.332. The number of imidazole rings is 1. The van der Waals surface area contributed by atoms with E-state index in [9.17, 15) is 13.2 Å².